The summed E-state index contributed by atoms with van der Waals surface area (Å²) in [4.78, 5) is 22.3. The average molecular weight is 290 g/mol. The third-order valence-electron chi connectivity index (χ3n) is 2.06. The van der Waals surface area contributed by atoms with E-state index >= 15 is 0 Å². The highest BCUT2D eigenvalue weighted by molar-refractivity contribution is 7.12. The molecule has 0 radical (unpaired) electrons. The number of hydrogen-bond acceptors (Lipinski definition) is 3. The van der Waals surface area contributed by atoms with Gasteiger partial charge < -0.3 is 5.11 Å². The van der Waals surface area contributed by atoms with Crippen molar-refractivity contribution < 1.29 is 9.90 Å². The zero-order valence-corrected chi connectivity index (χ0v) is 10.5. The predicted molar refractivity (Wildman–Crippen MR) is 66.9 cm³/mol. The Balaban J connectivity index is 2.50. The number of halogens is 2. The van der Waals surface area contributed by atoms with E-state index in [1.807, 2.05) is 0 Å². The molecule has 88 valence electrons. The first kappa shape index (κ1) is 12.2. The maximum Gasteiger partial charge on any atom is 0.335 e. The van der Waals surface area contributed by atoms with Gasteiger partial charge in [-0.2, -0.15) is 0 Å². The van der Waals surface area contributed by atoms with Gasteiger partial charge in [-0.1, -0.05) is 23.2 Å². The first-order chi connectivity index (χ1) is 8.00. The molecule has 0 atom stereocenters. The van der Waals surface area contributed by atoms with E-state index in [0.29, 0.717) is 5.69 Å². The Morgan fingerprint density at radius 2 is 1.82 bits per heavy atom. The zero-order chi connectivity index (χ0) is 12.6. The van der Waals surface area contributed by atoms with Crippen LogP contribution in [0.4, 0.5) is 0 Å². The Kier molecular flexibility index (Phi) is 3.24. The standard InChI is InChI=1S/C10H5Cl2NO3S/c11-7-8(12)17-13(9(7)14)6-3-1-5(2-4-6)10(15)16/h1-4H,(H,15,16). The SMILES string of the molecule is O=C(O)c1ccc(-n2sc(Cl)c(Cl)c2=O)cc1. The predicted octanol–water partition coefficient (Wildman–Crippen LogP) is 2.90. The highest BCUT2D eigenvalue weighted by atomic mass is 35.5. The molecule has 0 aliphatic rings. The minimum Gasteiger partial charge on any atom is -0.478 e. The van der Waals surface area contributed by atoms with Crippen LogP contribution in [-0.2, 0) is 0 Å². The summed E-state index contributed by atoms with van der Waals surface area (Å²) in [6.45, 7) is 0. The van der Waals surface area contributed by atoms with Crippen LogP contribution in [0.3, 0.4) is 0 Å². The van der Waals surface area contributed by atoms with Crippen LogP contribution in [0.5, 0.6) is 0 Å². The van der Waals surface area contributed by atoms with Gasteiger partial charge in [-0.15, -0.1) is 0 Å². The third-order valence-corrected chi connectivity index (χ3v) is 3.94. The highest BCUT2D eigenvalue weighted by Crippen LogP contribution is 2.25. The number of rotatable bonds is 2. The summed E-state index contributed by atoms with van der Waals surface area (Å²) < 4.78 is 1.51. The fraction of sp³-hybridized carbons (Fsp3) is 0. The summed E-state index contributed by atoms with van der Waals surface area (Å²) in [6.07, 6.45) is 0. The van der Waals surface area contributed by atoms with Crippen LogP contribution < -0.4 is 5.56 Å². The molecule has 0 fully saturated rings. The molecule has 0 amide bonds. The topological polar surface area (TPSA) is 59.3 Å². The fourth-order valence-electron chi connectivity index (χ4n) is 1.24. The summed E-state index contributed by atoms with van der Waals surface area (Å²) in [6, 6.07) is 5.86. The van der Waals surface area contributed by atoms with E-state index in [4.69, 9.17) is 28.3 Å². The summed E-state index contributed by atoms with van der Waals surface area (Å²) in [7, 11) is 0. The van der Waals surface area contributed by atoms with Crippen molar-refractivity contribution in [3.63, 3.8) is 0 Å². The fourth-order valence-corrected chi connectivity index (χ4v) is 2.50. The number of carboxylic acids is 1. The van der Waals surface area contributed by atoms with Crippen molar-refractivity contribution in [2.75, 3.05) is 0 Å². The average Bonchev–Trinajstić information content (AvgIpc) is 2.57. The van der Waals surface area contributed by atoms with Crippen molar-refractivity contribution in [2.45, 2.75) is 0 Å². The lowest BCUT2D eigenvalue weighted by molar-refractivity contribution is 0.0697. The largest absolute Gasteiger partial charge is 0.478 e. The van der Waals surface area contributed by atoms with Crippen LogP contribution in [0.2, 0.25) is 9.36 Å². The minimum absolute atomic E-state index is 0.0287. The maximum absolute atomic E-state index is 11.6. The van der Waals surface area contributed by atoms with E-state index in [1.165, 1.54) is 28.2 Å². The molecule has 0 spiro atoms. The molecule has 0 aliphatic heterocycles. The molecule has 0 aliphatic carbocycles. The summed E-state index contributed by atoms with van der Waals surface area (Å²) in [5.74, 6) is -1.02. The van der Waals surface area contributed by atoms with E-state index < -0.39 is 11.5 Å². The van der Waals surface area contributed by atoms with Gasteiger partial charge in [0.05, 0.1) is 11.3 Å². The van der Waals surface area contributed by atoms with E-state index in [2.05, 4.69) is 0 Å². The van der Waals surface area contributed by atoms with E-state index in [0.717, 1.165) is 11.5 Å². The maximum atomic E-state index is 11.6. The van der Waals surface area contributed by atoms with Crippen molar-refractivity contribution >= 4 is 40.7 Å². The van der Waals surface area contributed by atoms with Gasteiger partial charge in [0.15, 0.2) is 0 Å². The molecule has 0 bridgehead atoms. The van der Waals surface area contributed by atoms with Crippen LogP contribution in [0.25, 0.3) is 5.69 Å². The molecule has 1 aromatic carbocycles. The van der Waals surface area contributed by atoms with Gasteiger partial charge in [0.1, 0.15) is 9.36 Å². The quantitative estimate of drug-likeness (QED) is 0.925. The van der Waals surface area contributed by atoms with Crippen LogP contribution in [0.1, 0.15) is 10.4 Å². The molecule has 17 heavy (non-hydrogen) atoms. The summed E-state index contributed by atoms with van der Waals surface area (Å²) in [5.41, 5.74) is 0.263. The van der Waals surface area contributed by atoms with Gasteiger partial charge in [-0.05, 0) is 35.8 Å². The van der Waals surface area contributed by atoms with Crippen molar-refractivity contribution in [3.8, 4) is 5.69 Å². The van der Waals surface area contributed by atoms with Gasteiger partial charge in [-0.25, -0.2) is 8.75 Å². The lowest BCUT2D eigenvalue weighted by Gasteiger charge is -2.00. The first-order valence-electron chi connectivity index (χ1n) is 4.42. The molecule has 7 heteroatoms. The van der Waals surface area contributed by atoms with Crippen molar-refractivity contribution in [1.29, 1.82) is 0 Å². The molecule has 4 nitrogen and oxygen atoms in total. The number of nitrogens with zero attached hydrogens (tertiary/aromatic N) is 1. The molecule has 0 unspecified atom stereocenters. The number of carbonyl (C=O) groups is 1. The van der Waals surface area contributed by atoms with Crippen molar-refractivity contribution in [2.24, 2.45) is 0 Å². The van der Waals surface area contributed by atoms with E-state index in [-0.39, 0.29) is 14.9 Å². The normalized spacial score (nSPS) is 10.5. The van der Waals surface area contributed by atoms with Gasteiger partial charge in [0.25, 0.3) is 5.56 Å². The lowest BCUT2D eigenvalue weighted by atomic mass is 10.2. The smallest absolute Gasteiger partial charge is 0.335 e. The molecular weight excluding hydrogens is 285 g/mol. The number of benzene rings is 1. The zero-order valence-electron chi connectivity index (χ0n) is 8.18. The number of carboxylic acid groups (broad SMARTS) is 1. The summed E-state index contributed by atoms with van der Waals surface area (Å²) >= 11 is 12.4. The molecule has 2 rings (SSSR count). The van der Waals surface area contributed by atoms with Crippen LogP contribution >= 0.6 is 34.7 Å². The Labute approximate surface area is 110 Å². The molecule has 0 saturated heterocycles. The Hall–Kier alpha value is -1.30. The minimum atomic E-state index is -1.02. The highest BCUT2D eigenvalue weighted by Gasteiger charge is 2.12. The van der Waals surface area contributed by atoms with Crippen molar-refractivity contribution in [3.05, 3.63) is 49.5 Å². The second-order valence-corrected chi connectivity index (χ2v) is 5.07. The van der Waals surface area contributed by atoms with E-state index in [1.54, 1.807) is 0 Å². The Morgan fingerprint density at radius 3 is 2.24 bits per heavy atom. The monoisotopic (exact) mass is 289 g/mol. The van der Waals surface area contributed by atoms with E-state index in [9.17, 15) is 9.59 Å². The molecule has 1 aromatic heterocycles. The van der Waals surface area contributed by atoms with Crippen molar-refractivity contribution in [1.82, 2.24) is 3.96 Å². The number of hydrogen-bond donors (Lipinski definition) is 1. The number of aromatic carboxylic acids is 1. The lowest BCUT2D eigenvalue weighted by Crippen LogP contribution is -2.11. The molecule has 1 heterocycles. The third kappa shape index (κ3) is 2.22. The number of aromatic nitrogens is 1. The van der Waals surface area contributed by atoms with Crippen LogP contribution in [0.15, 0.2) is 29.1 Å². The van der Waals surface area contributed by atoms with Crippen LogP contribution in [-0.4, -0.2) is 15.0 Å². The molecule has 2 aromatic rings. The van der Waals surface area contributed by atoms with Gasteiger partial charge in [0.2, 0.25) is 0 Å². The summed E-state index contributed by atoms with van der Waals surface area (Å²) in [5, 5.41) is 8.71. The van der Waals surface area contributed by atoms with Gasteiger partial charge in [0, 0.05) is 0 Å². The first-order valence-corrected chi connectivity index (χ1v) is 5.94. The second-order valence-electron chi connectivity index (χ2n) is 3.13. The molecule has 0 saturated carbocycles. The van der Waals surface area contributed by atoms with Crippen LogP contribution in [0, 0.1) is 0 Å². The molecular formula is C10H5Cl2NO3S. The second kappa shape index (κ2) is 4.52. The van der Waals surface area contributed by atoms with Gasteiger partial charge in [-0.3, -0.25) is 4.79 Å². The van der Waals surface area contributed by atoms with Gasteiger partial charge >= 0.3 is 5.97 Å². The Bertz CT molecular complexity index is 630. The Morgan fingerprint density at radius 1 is 1.24 bits per heavy atom. The molecule has 1 N–H and O–H groups in total.